The number of para-hydroxylation sites is 1. The first-order valence-electron chi connectivity index (χ1n) is 6.21. The summed E-state index contributed by atoms with van der Waals surface area (Å²) in [5, 5.41) is 12.1. The van der Waals surface area contributed by atoms with Crippen LogP contribution in [0.2, 0.25) is 0 Å². The third kappa shape index (κ3) is 3.15. The molecule has 2 rings (SSSR count). The molecule has 102 valence electrons. The number of benzene rings is 1. The van der Waals surface area contributed by atoms with E-state index in [1.165, 1.54) is 4.90 Å². The van der Waals surface area contributed by atoms with Crippen molar-refractivity contribution in [3.05, 3.63) is 29.8 Å². The van der Waals surface area contributed by atoms with Crippen molar-refractivity contribution in [2.24, 2.45) is 5.73 Å². The Morgan fingerprint density at radius 2 is 1.89 bits per heavy atom. The van der Waals surface area contributed by atoms with Gasteiger partial charge in [0.15, 0.2) is 0 Å². The van der Waals surface area contributed by atoms with Crippen molar-refractivity contribution < 1.29 is 14.7 Å². The number of carbonyl (C=O) groups excluding carboxylic acids is 1. The van der Waals surface area contributed by atoms with Crippen molar-refractivity contribution in [2.45, 2.75) is 18.9 Å². The van der Waals surface area contributed by atoms with Crippen LogP contribution in [0.5, 0.6) is 0 Å². The fourth-order valence-corrected chi connectivity index (χ4v) is 2.26. The van der Waals surface area contributed by atoms with Crippen LogP contribution in [0.25, 0.3) is 0 Å². The highest BCUT2D eigenvalue weighted by atomic mass is 16.4. The molecular formula is C13H17N3O3. The zero-order chi connectivity index (χ0) is 13.8. The molecule has 6 nitrogen and oxygen atoms in total. The standard InChI is InChI=1S/C13H17N3O3/c14-12(17)10-3-1-2-4-11(10)15-9-5-7-16(8-6-9)13(18)19/h1-4,9,15H,5-8H2,(H2,14,17)(H,18,19). The number of nitrogens with zero attached hydrogens (tertiary/aromatic N) is 1. The van der Waals surface area contributed by atoms with Crippen molar-refractivity contribution >= 4 is 17.7 Å². The monoisotopic (exact) mass is 263 g/mol. The van der Waals surface area contributed by atoms with Gasteiger partial charge in [0.1, 0.15) is 0 Å². The lowest BCUT2D eigenvalue weighted by Crippen LogP contribution is -2.41. The molecule has 0 radical (unpaired) electrons. The minimum atomic E-state index is -0.879. The van der Waals surface area contributed by atoms with Gasteiger partial charge in [-0.2, -0.15) is 0 Å². The number of hydrogen-bond acceptors (Lipinski definition) is 3. The Bertz CT molecular complexity index is 482. The Labute approximate surface area is 111 Å². The molecule has 4 N–H and O–H groups in total. The number of carbonyl (C=O) groups is 2. The Morgan fingerprint density at radius 1 is 1.26 bits per heavy atom. The molecule has 1 saturated heterocycles. The summed E-state index contributed by atoms with van der Waals surface area (Å²) in [4.78, 5) is 23.5. The van der Waals surface area contributed by atoms with Gasteiger partial charge in [-0.25, -0.2) is 4.79 Å². The van der Waals surface area contributed by atoms with Gasteiger partial charge in [0.2, 0.25) is 0 Å². The highest BCUT2D eigenvalue weighted by molar-refractivity contribution is 5.98. The summed E-state index contributed by atoms with van der Waals surface area (Å²) in [7, 11) is 0. The molecule has 0 unspecified atom stereocenters. The van der Waals surface area contributed by atoms with Gasteiger partial charge in [-0.3, -0.25) is 4.79 Å². The molecule has 1 aliphatic heterocycles. The highest BCUT2D eigenvalue weighted by Crippen LogP contribution is 2.20. The number of hydrogen-bond donors (Lipinski definition) is 3. The summed E-state index contributed by atoms with van der Waals surface area (Å²) >= 11 is 0. The Hall–Kier alpha value is -2.24. The second kappa shape index (κ2) is 5.60. The van der Waals surface area contributed by atoms with Gasteiger partial charge in [-0.1, -0.05) is 12.1 Å². The summed E-state index contributed by atoms with van der Waals surface area (Å²) < 4.78 is 0. The summed E-state index contributed by atoms with van der Waals surface area (Å²) in [5.41, 5.74) is 6.49. The van der Waals surface area contributed by atoms with Gasteiger partial charge in [0, 0.05) is 24.8 Å². The molecule has 0 atom stereocenters. The van der Waals surface area contributed by atoms with Crippen LogP contribution in [0.1, 0.15) is 23.2 Å². The van der Waals surface area contributed by atoms with Crippen molar-refractivity contribution in [1.82, 2.24) is 4.90 Å². The van der Waals surface area contributed by atoms with Gasteiger partial charge in [-0.15, -0.1) is 0 Å². The molecule has 1 fully saturated rings. The Kier molecular flexibility index (Phi) is 3.89. The largest absolute Gasteiger partial charge is 0.465 e. The van der Waals surface area contributed by atoms with Gasteiger partial charge < -0.3 is 21.1 Å². The molecule has 19 heavy (non-hydrogen) atoms. The zero-order valence-electron chi connectivity index (χ0n) is 10.5. The number of anilines is 1. The quantitative estimate of drug-likeness (QED) is 0.766. The van der Waals surface area contributed by atoms with E-state index < -0.39 is 12.0 Å². The SMILES string of the molecule is NC(=O)c1ccccc1NC1CCN(C(=O)O)CC1. The summed E-state index contributed by atoms with van der Waals surface area (Å²) in [5.74, 6) is -0.467. The van der Waals surface area contributed by atoms with Crippen molar-refractivity contribution in [2.75, 3.05) is 18.4 Å². The van der Waals surface area contributed by atoms with E-state index in [4.69, 9.17) is 10.8 Å². The molecule has 1 aliphatic rings. The number of nitrogens with one attached hydrogen (secondary N) is 1. The minimum absolute atomic E-state index is 0.163. The zero-order valence-corrected chi connectivity index (χ0v) is 10.5. The first kappa shape index (κ1) is 13.2. The number of carboxylic acid groups (broad SMARTS) is 1. The molecular weight excluding hydrogens is 246 g/mol. The summed E-state index contributed by atoms with van der Waals surface area (Å²) in [6.07, 6.45) is 0.565. The lowest BCUT2D eigenvalue weighted by Gasteiger charge is -2.31. The summed E-state index contributed by atoms with van der Waals surface area (Å²) in [6, 6.07) is 7.25. The Balaban J connectivity index is 2.00. The maximum atomic E-state index is 11.3. The van der Waals surface area contributed by atoms with E-state index >= 15 is 0 Å². The molecule has 6 heteroatoms. The second-order valence-corrected chi connectivity index (χ2v) is 4.60. The van der Waals surface area contributed by atoms with Gasteiger partial charge in [-0.05, 0) is 25.0 Å². The summed E-state index contributed by atoms with van der Waals surface area (Å²) in [6.45, 7) is 1.01. The number of primary amides is 1. The van der Waals surface area contributed by atoms with Crippen molar-refractivity contribution in [3.63, 3.8) is 0 Å². The smallest absolute Gasteiger partial charge is 0.407 e. The molecule has 2 amide bonds. The van der Waals surface area contributed by atoms with E-state index in [0.717, 1.165) is 12.8 Å². The fourth-order valence-electron chi connectivity index (χ4n) is 2.26. The molecule has 0 aliphatic carbocycles. The van der Waals surface area contributed by atoms with Crippen LogP contribution in [0.3, 0.4) is 0 Å². The maximum absolute atomic E-state index is 11.3. The van der Waals surface area contributed by atoms with Crippen LogP contribution < -0.4 is 11.1 Å². The van der Waals surface area contributed by atoms with Crippen LogP contribution >= 0.6 is 0 Å². The topological polar surface area (TPSA) is 95.7 Å². The lowest BCUT2D eigenvalue weighted by atomic mass is 10.0. The van der Waals surface area contributed by atoms with Crippen LogP contribution in [-0.4, -0.2) is 41.1 Å². The van der Waals surface area contributed by atoms with Crippen LogP contribution in [0, 0.1) is 0 Å². The fraction of sp³-hybridized carbons (Fsp3) is 0.385. The lowest BCUT2D eigenvalue weighted by molar-refractivity contribution is 0.100. The van der Waals surface area contributed by atoms with E-state index in [1.54, 1.807) is 12.1 Å². The Morgan fingerprint density at radius 3 is 2.47 bits per heavy atom. The second-order valence-electron chi connectivity index (χ2n) is 4.60. The van der Waals surface area contributed by atoms with E-state index in [-0.39, 0.29) is 6.04 Å². The number of likely N-dealkylation sites (tertiary alicyclic amines) is 1. The van der Waals surface area contributed by atoms with E-state index in [0.29, 0.717) is 24.3 Å². The predicted octanol–water partition coefficient (Wildman–Crippen LogP) is 1.34. The molecule has 1 aromatic rings. The van der Waals surface area contributed by atoms with E-state index in [2.05, 4.69) is 5.32 Å². The molecule has 1 aromatic carbocycles. The molecule has 0 spiro atoms. The average molecular weight is 263 g/mol. The predicted molar refractivity (Wildman–Crippen MR) is 71.2 cm³/mol. The number of amides is 2. The number of piperidine rings is 1. The molecule has 0 aromatic heterocycles. The van der Waals surface area contributed by atoms with E-state index in [9.17, 15) is 9.59 Å². The van der Waals surface area contributed by atoms with Crippen LogP contribution in [-0.2, 0) is 0 Å². The van der Waals surface area contributed by atoms with Gasteiger partial charge in [0.25, 0.3) is 5.91 Å². The van der Waals surface area contributed by atoms with Crippen molar-refractivity contribution in [1.29, 1.82) is 0 Å². The number of nitrogens with two attached hydrogens (primary N) is 1. The van der Waals surface area contributed by atoms with Gasteiger partial charge in [0.05, 0.1) is 5.56 Å². The third-order valence-electron chi connectivity index (χ3n) is 3.32. The first-order chi connectivity index (χ1) is 9.08. The third-order valence-corrected chi connectivity index (χ3v) is 3.32. The highest BCUT2D eigenvalue weighted by Gasteiger charge is 2.22. The molecule has 1 heterocycles. The first-order valence-corrected chi connectivity index (χ1v) is 6.21. The molecule has 0 saturated carbocycles. The maximum Gasteiger partial charge on any atom is 0.407 e. The van der Waals surface area contributed by atoms with Crippen molar-refractivity contribution in [3.8, 4) is 0 Å². The van der Waals surface area contributed by atoms with Gasteiger partial charge >= 0.3 is 6.09 Å². The molecule has 0 bridgehead atoms. The minimum Gasteiger partial charge on any atom is -0.465 e. The number of rotatable bonds is 3. The normalized spacial score (nSPS) is 16.1. The van der Waals surface area contributed by atoms with Crippen LogP contribution in [0.15, 0.2) is 24.3 Å². The van der Waals surface area contributed by atoms with E-state index in [1.807, 2.05) is 12.1 Å². The average Bonchev–Trinajstić information content (AvgIpc) is 2.39. The van der Waals surface area contributed by atoms with Crippen LogP contribution in [0.4, 0.5) is 10.5 Å².